The van der Waals surface area contributed by atoms with E-state index in [0.29, 0.717) is 5.56 Å². The molecule has 2 aromatic rings. The number of carboxylic acid groups (broad SMARTS) is 1. The molecular weight excluding hydrogens is 260 g/mol. The molecule has 0 aliphatic rings. The highest BCUT2D eigenvalue weighted by molar-refractivity contribution is 7.86. The standard InChI is InChI=1S/C15H14O3S/c16-14(17)11-19(18)15(12-7-3-1-4-8-12)13-9-5-2-6-10-13/h1-10,15H,11H2,(H,16,17)/t19-/m0/s1/i1D,3D,4D,7D,8D/t15?,19-. The molecule has 19 heavy (non-hydrogen) atoms. The topological polar surface area (TPSA) is 54.4 Å². The second-order valence-electron chi connectivity index (χ2n) is 3.75. The molecule has 2 rings (SSSR count). The summed E-state index contributed by atoms with van der Waals surface area (Å²) < 4.78 is 51.8. The Labute approximate surface area is 121 Å². The van der Waals surface area contributed by atoms with Gasteiger partial charge in [-0.15, -0.1) is 0 Å². The molecule has 0 fully saturated rings. The van der Waals surface area contributed by atoms with E-state index in [9.17, 15) is 9.00 Å². The van der Waals surface area contributed by atoms with Crippen molar-refractivity contribution >= 4 is 16.8 Å². The average Bonchev–Trinajstić information content (AvgIpc) is 2.55. The summed E-state index contributed by atoms with van der Waals surface area (Å²) in [5.41, 5.74) is 0.266. The highest BCUT2D eigenvalue weighted by Gasteiger charge is 2.22. The minimum absolute atomic E-state index is 0.160. The van der Waals surface area contributed by atoms with Crippen molar-refractivity contribution in [3.05, 3.63) is 71.7 Å². The molecule has 4 heteroatoms. The summed E-state index contributed by atoms with van der Waals surface area (Å²) in [5.74, 6) is -1.98. The van der Waals surface area contributed by atoms with Crippen molar-refractivity contribution in [2.45, 2.75) is 5.25 Å². The second-order valence-corrected chi connectivity index (χ2v) is 5.27. The first-order valence-corrected chi connectivity index (χ1v) is 6.84. The molecule has 2 atom stereocenters. The van der Waals surface area contributed by atoms with Gasteiger partial charge < -0.3 is 5.11 Å². The molecular formula is C15H14O3S. The lowest BCUT2D eigenvalue weighted by Gasteiger charge is -2.16. The molecule has 0 saturated carbocycles. The van der Waals surface area contributed by atoms with Crippen LogP contribution in [0.4, 0.5) is 0 Å². The van der Waals surface area contributed by atoms with Crippen LogP contribution < -0.4 is 0 Å². The summed E-state index contributed by atoms with van der Waals surface area (Å²) in [6, 6.07) is 5.59. The lowest BCUT2D eigenvalue weighted by atomic mass is 10.0. The number of aliphatic carboxylic acids is 1. The number of carbonyl (C=O) groups is 1. The molecule has 1 N–H and O–H groups in total. The molecule has 3 nitrogen and oxygen atoms in total. The molecule has 0 bridgehead atoms. The molecule has 0 aliphatic carbocycles. The van der Waals surface area contributed by atoms with Gasteiger partial charge in [0.05, 0.1) is 12.1 Å². The van der Waals surface area contributed by atoms with E-state index in [1.165, 1.54) is 0 Å². The number of benzene rings is 2. The zero-order valence-electron chi connectivity index (χ0n) is 14.8. The minimum atomic E-state index is -2.00. The van der Waals surface area contributed by atoms with Crippen molar-refractivity contribution in [3.63, 3.8) is 0 Å². The van der Waals surface area contributed by atoms with Crippen molar-refractivity contribution in [1.29, 1.82) is 0 Å². The van der Waals surface area contributed by atoms with E-state index in [4.69, 9.17) is 12.0 Å². The van der Waals surface area contributed by atoms with E-state index in [1.54, 1.807) is 30.3 Å². The smallest absolute Gasteiger partial charge is 0.316 e. The van der Waals surface area contributed by atoms with Crippen molar-refractivity contribution in [2.24, 2.45) is 0 Å². The lowest BCUT2D eigenvalue weighted by Crippen LogP contribution is -2.17. The molecule has 0 radical (unpaired) electrons. The molecule has 0 heterocycles. The molecule has 2 aromatic carbocycles. The number of hydrogen-bond donors (Lipinski definition) is 1. The van der Waals surface area contributed by atoms with Gasteiger partial charge in [-0.1, -0.05) is 60.5 Å². The van der Waals surface area contributed by atoms with Crippen molar-refractivity contribution in [2.75, 3.05) is 5.75 Å². The van der Waals surface area contributed by atoms with Gasteiger partial charge in [0.1, 0.15) is 5.75 Å². The predicted molar refractivity (Wildman–Crippen MR) is 75.4 cm³/mol. The zero-order valence-corrected chi connectivity index (χ0v) is 10.7. The van der Waals surface area contributed by atoms with Gasteiger partial charge in [0.15, 0.2) is 0 Å². The van der Waals surface area contributed by atoms with Crippen LogP contribution in [0.15, 0.2) is 60.5 Å². The first-order chi connectivity index (χ1) is 11.3. The van der Waals surface area contributed by atoms with E-state index in [-0.39, 0.29) is 5.56 Å². The summed E-state index contributed by atoms with van der Waals surface area (Å²) in [4.78, 5) is 10.9. The monoisotopic (exact) mass is 279 g/mol. The van der Waals surface area contributed by atoms with Crippen molar-refractivity contribution in [1.82, 2.24) is 0 Å². The maximum Gasteiger partial charge on any atom is 0.316 e. The van der Waals surface area contributed by atoms with Gasteiger partial charge in [0, 0.05) is 10.8 Å². The van der Waals surface area contributed by atoms with E-state index in [1.807, 2.05) is 0 Å². The van der Waals surface area contributed by atoms with Gasteiger partial charge in [-0.25, -0.2) is 0 Å². The first kappa shape index (κ1) is 8.27. The Morgan fingerprint density at radius 2 is 1.79 bits per heavy atom. The fourth-order valence-electron chi connectivity index (χ4n) is 1.67. The third-order valence-electron chi connectivity index (χ3n) is 2.41. The van der Waals surface area contributed by atoms with Crippen LogP contribution in [0.3, 0.4) is 0 Å². The molecule has 0 spiro atoms. The summed E-state index contributed by atoms with van der Waals surface area (Å²) in [5, 5.41) is 7.80. The predicted octanol–water partition coefficient (Wildman–Crippen LogP) is 2.61. The fraction of sp³-hybridized carbons (Fsp3) is 0.133. The molecule has 0 amide bonds. The molecule has 0 aromatic heterocycles. The van der Waals surface area contributed by atoms with Crippen molar-refractivity contribution < 1.29 is 21.0 Å². The van der Waals surface area contributed by atoms with E-state index >= 15 is 0 Å². The largest absolute Gasteiger partial charge is 0.481 e. The quantitative estimate of drug-likeness (QED) is 0.915. The van der Waals surface area contributed by atoms with Crippen molar-refractivity contribution in [3.8, 4) is 0 Å². The highest BCUT2D eigenvalue weighted by Crippen LogP contribution is 2.28. The Balaban J connectivity index is 2.74. The Morgan fingerprint density at radius 3 is 2.37 bits per heavy atom. The van der Waals surface area contributed by atoms with Crippen LogP contribution in [0.25, 0.3) is 0 Å². The number of carboxylic acids is 1. The first-order valence-electron chi connectivity index (χ1n) is 7.96. The van der Waals surface area contributed by atoms with Crippen LogP contribution >= 0.6 is 0 Å². The van der Waals surface area contributed by atoms with Gasteiger partial charge >= 0.3 is 5.97 Å². The molecule has 0 aliphatic heterocycles. The number of hydrogen-bond acceptors (Lipinski definition) is 2. The van der Waals surface area contributed by atoms with Gasteiger partial charge in [-0.3, -0.25) is 9.00 Å². The van der Waals surface area contributed by atoms with E-state index in [0.717, 1.165) is 0 Å². The Hall–Kier alpha value is -1.94. The van der Waals surface area contributed by atoms with Crippen LogP contribution in [-0.2, 0) is 15.6 Å². The van der Waals surface area contributed by atoms with Gasteiger partial charge in [0.25, 0.3) is 0 Å². The Bertz CT molecular complexity index is 781. The second kappa shape index (κ2) is 6.29. The maximum absolute atomic E-state index is 12.6. The molecule has 1 unspecified atom stereocenters. The van der Waals surface area contributed by atoms with Gasteiger partial charge in [-0.05, 0) is 11.1 Å². The van der Waals surface area contributed by atoms with Crippen LogP contribution in [0.2, 0.25) is 0 Å². The summed E-state index contributed by atoms with van der Waals surface area (Å²) in [6.45, 7) is 0. The SMILES string of the molecule is [2H]c1c([2H])c([2H])c(C(c2ccccc2)[S@@](=O)CC(=O)O)c([2H])c1[2H]. The number of rotatable bonds is 5. The van der Waals surface area contributed by atoms with Crippen LogP contribution in [-0.4, -0.2) is 21.0 Å². The molecule has 98 valence electrons. The fourth-order valence-corrected chi connectivity index (χ4v) is 2.93. The maximum atomic E-state index is 12.6. The van der Waals surface area contributed by atoms with Gasteiger partial charge in [0.2, 0.25) is 0 Å². The summed E-state index contributed by atoms with van der Waals surface area (Å²) >= 11 is 0. The minimum Gasteiger partial charge on any atom is -0.481 e. The summed E-state index contributed by atoms with van der Waals surface area (Å²) in [6.07, 6.45) is 0. The third-order valence-corrected chi connectivity index (χ3v) is 3.98. The lowest BCUT2D eigenvalue weighted by molar-refractivity contribution is -0.133. The highest BCUT2D eigenvalue weighted by atomic mass is 32.2. The van der Waals surface area contributed by atoms with E-state index in [2.05, 4.69) is 0 Å². The van der Waals surface area contributed by atoms with Crippen LogP contribution in [0.5, 0.6) is 0 Å². The zero-order chi connectivity index (χ0) is 18.0. The summed E-state index contributed by atoms with van der Waals surface area (Å²) in [7, 11) is -2.00. The van der Waals surface area contributed by atoms with Crippen LogP contribution in [0.1, 0.15) is 23.2 Å². The average molecular weight is 279 g/mol. The Morgan fingerprint density at radius 1 is 1.16 bits per heavy atom. The van der Waals surface area contributed by atoms with Crippen LogP contribution in [0, 0.1) is 0 Å². The third kappa shape index (κ3) is 3.51. The normalized spacial score (nSPS) is 17.4. The molecule has 0 saturated heterocycles. The van der Waals surface area contributed by atoms with Gasteiger partial charge in [-0.2, -0.15) is 0 Å². The Kier molecular flexibility index (Phi) is 2.74. The van der Waals surface area contributed by atoms with E-state index < -0.39 is 58.0 Å².